The first kappa shape index (κ1) is 20.7. The summed E-state index contributed by atoms with van der Waals surface area (Å²) in [5, 5.41) is 15.3. The Balaban J connectivity index is 1.85. The Bertz CT molecular complexity index is 698. The predicted octanol–water partition coefficient (Wildman–Crippen LogP) is 2.55. The Kier molecular flexibility index (Phi) is 8.56. The van der Waals surface area contributed by atoms with Crippen molar-refractivity contribution in [2.45, 2.75) is 45.6 Å². The van der Waals surface area contributed by atoms with Gasteiger partial charge in [-0.1, -0.05) is 6.42 Å². The molecule has 2 N–H and O–H groups in total. The maximum atomic E-state index is 13.9. The molecule has 2 rings (SSSR count). The molecule has 0 atom stereocenters. The van der Waals surface area contributed by atoms with Crippen molar-refractivity contribution in [3.8, 4) is 6.07 Å². The number of hydrogen-bond acceptors (Lipinski definition) is 3. The van der Waals surface area contributed by atoms with Crippen molar-refractivity contribution >= 4 is 11.9 Å². The molecule has 0 spiro atoms. The van der Waals surface area contributed by atoms with E-state index in [0.717, 1.165) is 38.8 Å². The number of amides is 1. The summed E-state index contributed by atoms with van der Waals surface area (Å²) in [5.74, 6) is 0.482. The fourth-order valence-corrected chi connectivity index (χ4v) is 3.02. The molecule has 0 bridgehead atoms. The van der Waals surface area contributed by atoms with E-state index in [9.17, 15) is 9.18 Å². The SMILES string of the molecule is CCNC(=NCc1cc(C#N)ccc1F)NCCCN1CCCCCC1=O. The number of aliphatic imine (C=N–C) groups is 1. The minimum absolute atomic E-state index is 0.154. The number of nitrogens with zero attached hydrogens (tertiary/aromatic N) is 3. The minimum atomic E-state index is -0.367. The van der Waals surface area contributed by atoms with Crippen LogP contribution < -0.4 is 10.6 Å². The fourth-order valence-electron chi connectivity index (χ4n) is 3.02. The number of nitrogens with one attached hydrogen (secondary N) is 2. The van der Waals surface area contributed by atoms with Gasteiger partial charge in [-0.15, -0.1) is 0 Å². The average molecular weight is 373 g/mol. The Hall–Kier alpha value is -2.62. The van der Waals surface area contributed by atoms with Crippen LogP contribution in [0, 0.1) is 17.1 Å². The summed E-state index contributed by atoms with van der Waals surface area (Å²) < 4.78 is 13.9. The van der Waals surface area contributed by atoms with Gasteiger partial charge in [0.15, 0.2) is 5.96 Å². The lowest BCUT2D eigenvalue weighted by Crippen LogP contribution is -2.39. The molecule has 1 aliphatic heterocycles. The molecule has 1 fully saturated rings. The average Bonchev–Trinajstić information content (AvgIpc) is 2.88. The lowest BCUT2D eigenvalue weighted by Gasteiger charge is -2.20. The van der Waals surface area contributed by atoms with E-state index in [1.807, 2.05) is 17.9 Å². The van der Waals surface area contributed by atoms with Crippen LogP contribution in [0.1, 0.15) is 50.2 Å². The molecule has 1 aromatic rings. The first-order valence-electron chi connectivity index (χ1n) is 9.62. The second-order valence-electron chi connectivity index (χ2n) is 6.58. The predicted molar refractivity (Wildman–Crippen MR) is 104 cm³/mol. The molecule has 6 nitrogen and oxygen atoms in total. The van der Waals surface area contributed by atoms with E-state index in [1.165, 1.54) is 18.2 Å². The van der Waals surface area contributed by atoms with Crippen LogP contribution in [0.2, 0.25) is 0 Å². The van der Waals surface area contributed by atoms with Gasteiger partial charge < -0.3 is 15.5 Å². The van der Waals surface area contributed by atoms with Crippen molar-refractivity contribution in [2.24, 2.45) is 4.99 Å². The van der Waals surface area contributed by atoms with Crippen molar-refractivity contribution in [3.05, 3.63) is 35.1 Å². The highest BCUT2D eigenvalue weighted by molar-refractivity contribution is 5.79. The van der Waals surface area contributed by atoms with Crippen LogP contribution in [0.5, 0.6) is 0 Å². The van der Waals surface area contributed by atoms with Crippen LogP contribution in [0.4, 0.5) is 4.39 Å². The molecule has 1 aromatic carbocycles. The van der Waals surface area contributed by atoms with Crippen LogP contribution in [0.3, 0.4) is 0 Å². The maximum Gasteiger partial charge on any atom is 0.222 e. The molecule has 1 saturated heterocycles. The topological polar surface area (TPSA) is 80.5 Å². The normalized spacial score (nSPS) is 15.2. The summed E-state index contributed by atoms with van der Waals surface area (Å²) in [6, 6.07) is 6.28. The highest BCUT2D eigenvalue weighted by Gasteiger charge is 2.15. The van der Waals surface area contributed by atoms with Crippen LogP contribution in [0.25, 0.3) is 0 Å². The maximum absolute atomic E-state index is 13.9. The number of benzene rings is 1. The van der Waals surface area contributed by atoms with Gasteiger partial charge in [0.2, 0.25) is 5.91 Å². The van der Waals surface area contributed by atoms with Gasteiger partial charge in [-0.3, -0.25) is 4.79 Å². The minimum Gasteiger partial charge on any atom is -0.357 e. The van der Waals surface area contributed by atoms with Gasteiger partial charge in [-0.05, 0) is 44.4 Å². The molecule has 0 unspecified atom stereocenters. The lowest BCUT2D eigenvalue weighted by atomic mass is 10.1. The van der Waals surface area contributed by atoms with Gasteiger partial charge in [0.25, 0.3) is 0 Å². The summed E-state index contributed by atoms with van der Waals surface area (Å²) in [6.07, 6.45) is 4.69. The van der Waals surface area contributed by atoms with Gasteiger partial charge >= 0.3 is 0 Å². The highest BCUT2D eigenvalue weighted by Crippen LogP contribution is 2.12. The van der Waals surface area contributed by atoms with Crippen molar-refractivity contribution in [2.75, 3.05) is 26.2 Å². The summed E-state index contributed by atoms with van der Waals surface area (Å²) >= 11 is 0. The molecular weight excluding hydrogens is 345 g/mol. The van der Waals surface area contributed by atoms with Gasteiger partial charge in [0.1, 0.15) is 5.82 Å². The van der Waals surface area contributed by atoms with Crippen molar-refractivity contribution in [1.29, 1.82) is 5.26 Å². The lowest BCUT2D eigenvalue weighted by molar-refractivity contribution is -0.130. The molecule has 0 aromatic heterocycles. The number of likely N-dealkylation sites (tertiary alicyclic amines) is 1. The zero-order chi connectivity index (χ0) is 19.5. The van der Waals surface area contributed by atoms with E-state index in [2.05, 4.69) is 15.6 Å². The monoisotopic (exact) mass is 373 g/mol. The molecule has 1 aliphatic rings. The molecule has 1 amide bonds. The zero-order valence-electron chi connectivity index (χ0n) is 15.9. The molecule has 0 radical (unpaired) electrons. The third kappa shape index (κ3) is 6.89. The number of nitriles is 1. The fraction of sp³-hybridized carbons (Fsp3) is 0.550. The molecule has 0 aliphatic carbocycles. The van der Waals surface area contributed by atoms with E-state index in [0.29, 0.717) is 36.6 Å². The summed E-state index contributed by atoms with van der Waals surface area (Å²) in [5.41, 5.74) is 0.808. The molecule has 27 heavy (non-hydrogen) atoms. The Morgan fingerprint density at radius 2 is 2.19 bits per heavy atom. The summed E-state index contributed by atoms with van der Waals surface area (Å²) in [4.78, 5) is 18.3. The van der Waals surface area contributed by atoms with E-state index in [1.54, 1.807) is 0 Å². The number of hydrogen-bond donors (Lipinski definition) is 2. The second kappa shape index (κ2) is 11.2. The van der Waals surface area contributed by atoms with Crippen LogP contribution in [0.15, 0.2) is 23.2 Å². The number of carbonyl (C=O) groups is 1. The van der Waals surface area contributed by atoms with Gasteiger partial charge in [-0.2, -0.15) is 5.26 Å². The van der Waals surface area contributed by atoms with Gasteiger partial charge in [0.05, 0.1) is 18.2 Å². The number of guanidine groups is 1. The van der Waals surface area contributed by atoms with Crippen molar-refractivity contribution < 1.29 is 9.18 Å². The first-order valence-corrected chi connectivity index (χ1v) is 9.62. The van der Waals surface area contributed by atoms with E-state index < -0.39 is 0 Å². The van der Waals surface area contributed by atoms with Gasteiger partial charge in [0, 0.05) is 38.2 Å². The summed E-state index contributed by atoms with van der Waals surface area (Å²) in [7, 11) is 0. The number of carbonyl (C=O) groups excluding carboxylic acids is 1. The molecule has 146 valence electrons. The third-order valence-electron chi connectivity index (χ3n) is 4.50. The second-order valence-corrected chi connectivity index (χ2v) is 6.58. The molecule has 1 heterocycles. The number of rotatable bonds is 7. The van der Waals surface area contributed by atoms with Crippen LogP contribution in [-0.2, 0) is 11.3 Å². The highest BCUT2D eigenvalue weighted by atomic mass is 19.1. The Labute approximate surface area is 160 Å². The molecule has 0 saturated carbocycles. The quantitative estimate of drug-likeness (QED) is 0.437. The molecule has 7 heteroatoms. The van der Waals surface area contributed by atoms with Crippen molar-refractivity contribution in [3.63, 3.8) is 0 Å². The molecular formula is C20H28FN5O. The standard InChI is InChI=1S/C20H28FN5O/c1-2-23-20(25-15-17-13-16(14-22)8-9-18(17)21)24-10-6-12-26-11-5-3-4-7-19(26)27/h8-9,13H,2-7,10-12,15H2,1H3,(H2,23,24,25). The summed E-state index contributed by atoms with van der Waals surface area (Å²) in [6.45, 7) is 5.07. The Morgan fingerprint density at radius 1 is 1.33 bits per heavy atom. The smallest absolute Gasteiger partial charge is 0.222 e. The van der Waals surface area contributed by atoms with E-state index in [4.69, 9.17) is 5.26 Å². The first-order chi connectivity index (χ1) is 13.1. The van der Waals surface area contributed by atoms with E-state index >= 15 is 0 Å². The third-order valence-corrected chi connectivity index (χ3v) is 4.50. The largest absolute Gasteiger partial charge is 0.357 e. The van der Waals surface area contributed by atoms with Crippen LogP contribution in [-0.4, -0.2) is 42.9 Å². The number of halogens is 1. The Morgan fingerprint density at radius 3 is 2.96 bits per heavy atom. The van der Waals surface area contributed by atoms with Gasteiger partial charge in [-0.25, -0.2) is 9.38 Å². The van der Waals surface area contributed by atoms with E-state index in [-0.39, 0.29) is 18.3 Å². The zero-order valence-corrected chi connectivity index (χ0v) is 15.9. The van der Waals surface area contributed by atoms with Crippen LogP contribution >= 0.6 is 0 Å². The van der Waals surface area contributed by atoms with Crippen molar-refractivity contribution in [1.82, 2.24) is 15.5 Å².